The molecule has 1 unspecified atom stereocenters. The zero-order valence-electron chi connectivity index (χ0n) is 18.6. The van der Waals surface area contributed by atoms with E-state index < -0.39 is 0 Å². The van der Waals surface area contributed by atoms with E-state index >= 15 is 0 Å². The maximum atomic E-state index is 12.8. The first-order valence-corrected chi connectivity index (χ1v) is 11.0. The van der Waals surface area contributed by atoms with E-state index in [4.69, 9.17) is 13.9 Å². The van der Waals surface area contributed by atoms with Crippen LogP contribution in [0.15, 0.2) is 63.8 Å². The van der Waals surface area contributed by atoms with Crippen LogP contribution in [0.1, 0.15) is 28.1 Å². The summed E-state index contributed by atoms with van der Waals surface area (Å²) in [5.74, 6) is 1.97. The highest BCUT2D eigenvalue weighted by molar-refractivity contribution is 5.92. The van der Waals surface area contributed by atoms with E-state index in [0.29, 0.717) is 25.5 Å². The number of carbonyl (C=O) groups is 1. The number of morpholine rings is 1. The summed E-state index contributed by atoms with van der Waals surface area (Å²) in [4.78, 5) is 27.2. The molecule has 1 aliphatic heterocycles. The minimum atomic E-state index is -0.353. The molecular weight excluding hydrogens is 424 g/mol. The predicted molar refractivity (Wildman–Crippen MR) is 121 cm³/mol. The molecule has 0 aliphatic carbocycles. The lowest BCUT2D eigenvalue weighted by Crippen LogP contribution is -2.44. The maximum absolute atomic E-state index is 12.8. The second-order valence-corrected chi connectivity index (χ2v) is 7.76. The van der Waals surface area contributed by atoms with E-state index in [0.717, 1.165) is 24.6 Å². The number of ether oxygens (including phenoxy) is 2. The number of hydrogen-bond donors (Lipinski definition) is 1. The Hall–Kier alpha value is -3.43. The molecule has 1 fully saturated rings. The van der Waals surface area contributed by atoms with Crippen LogP contribution in [0.3, 0.4) is 0 Å². The number of aromatic nitrogens is 2. The van der Waals surface area contributed by atoms with E-state index in [1.165, 1.54) is 16.8 Å². The van der Waals surface area contributed by atoms with Crippen molar-refractivity contribution in [2.45, 2.75) is 19.5 Å². The van der Waals surface area contributed by atoms with Gasteiger partial charge in [-0.05, 0) is 37.3 Å². The number of aryl methyl sites for hydroxylation is 1. The van der Waals surface area contributed by atoms with Crippen LogP contribution in [0.5, 0.6) is 5.75 Å². The van der Waals surface area contributed by atoms with Gasteiger partial charge in [-0.3, -0.25) is 14.5 Å². The first-order valence-electron chi connectivity index (χ1n) is 11.0. The molecular formula is C24H28N4O5. The lowest BCUT2D eigenvalue weighted by molar-refractivity contribution is 0.0116. The first-order chi connectivity index (χ1) is 16.1. The highest BCUT2D eigenvalue weighted by atomic mass is 16.5. The molecule has 3 aromatic rings. The Labute approximate surface area is 191 Å². The van der Waals surface area contributed by atoms with Crippen LogP contribution in [-0.2, 0) is 11.3 Å². The normalized spacial score (nSPS) is 15.2. The molecule has 1 atom stereocenters. The van der Waals surface area contributed by atoms with Crippen molar-refractivity contribution in [3.63, 3.8) is 0 Å². The third-order valence-electron chi connectivity index (χ3n) is 5.45. The molecule has 3 heterocycles. The molecule has 0 bridgehead atoms. The number of amides is 1. The Kier molecular flexibility index (Phi) is 7.54. The largest absolute Gasteiger partial charge is 0.492 e. The standard InChI is InChI=1S/C24H28N4O5/c1-18-7-9-22(33-18)21(27-11-14-31-15-12-27)17-25-24(30)20-8-10-23(29)28(26-20)13-16-32-19-5-3-2-4-6-19/h2-10,21H,11-17H2,1H3,(H,25,30). The van der Waals surface area contributed by atoms with Crippen molar-refractivity contribution in [3.05, 3.63) is 82.2 Å². The minimum absolute atomic E-state index is 0.114. The van der Waals surface area contributed by atoms with Gasteiger partial charge in [0.2, 0.25) is 0 Å². The van der Waals surface area contributed by atoms with Gasteiger partial charge in [0.05, 0.1) is 25.8 Å². The number of hydrogen-bond acceptors (Lipinski definition) is 7. The maximum Gasteiger partial charge on any atom is 0.271 e. The molecule has 1 amide bonds. The molecule has 1 N–H and O–H groups in total. The van der Waals surface area contributed by atoms with E-state index in [1.54, 1.807) is 0 Å². The second kappa shape index (κ2) is 10.9. The van der Waals surface area contributed by atoms with Crippen LogP contribution in [0.25, 0.3) is 0 Å². The van der Waals surface area contributed by atoms with Crippen LogP contribution < -0.4 is 15.6 Å². The van der Waals surface area contributed by atoms with E-state index in [2.05, 4.69) is 15.3 Å². The van der Waals surface area contributed by atoms with Crippen LogP contribution in [-0.4, -0.2) is 60.0 Å². The molecule has 0 saturated carbocycles. The average molecular weight is 453 g/mol. The Bertz CT molecular complexity index is 1110. The quantitative estimate of drug-likeness (QED) is 0.530. The number of furan rings is 1. The zero-order chi connectivity index (χ0) is 23.0. The number of benzene rings is 1. The fraction of sp³-hybridized carbons (Fsp3) is 0.375. The van der Waals surface area contributed by atoms with Gasteiger partial charge in [-0.15, -0.1) is 0 Å². The summed E-state index contributed by atoms with van der Waals surface area (Å²) < 4.78 is 18.2. The second-order valence-electron chi connectivity index (χ2n) is 7.76. The molecule has 9 heteroatoms. The molecule has 33 heavy (non-hydrogen) atoms. The molecule has 0 radical (unpaired) electrons. The van der Waals surface area contributed by atoms with Crippen LogP contribution in [0, 0.1) is 6.92 Å². The molecule has 1 saturated heterocycles. The van der Waals surface area contributed by atoms with E-state index in [9.17, 15) is 9.59 Å². The summed E-state index contributed by atoms with van der Waals surface area (Å²) in [6.07, 6.45) is 0. The summed E-state index contributed by atoms with van der Waals surface area (Å²) in [5, 5.41) is 7.17. The third kappa shape index (κ3) is 6.09. The minimum Gasteiger partial charge on any atom is -0.492 e. The number of carbonyl (C=O) groups excluding carboxylic acids is 1. The lowest BCUT2D eigenvalue weighted by atomic mass is 10.1. The van der Waals surface area contributed by atoms with Crippen molar-refractivity contribution in [2.75, 3.05) is 39.5 Å². The van der Waals surface area contributed by atoms with Crippen LogP contribution >= 0.6 is 0 Å². The smallest absolute Gasteiger partial charge is 0.271 e. The van der Waals surface area contributed by atoms with Gasteiger partial charge in [0.15, 0.2) is 0 Å². The Morgan fingerprint density at radius 1 is 1.12 bits per heavy atom. The zero-order valence-corrected chi connectivity index (χ0v) is 18.6. The SMILES string of the molecule is Cc1ccc(C(CNC(=O)c2ccc(=O)n(CCOc3ccccc3)n2)N2CCOCC2)o1. The number of para-hydroxylation sites is 1. The van der Waals surface area contributed by atoms with Gasteiger partial charge >= 0.3 is 0 Å². The molecule has 0 spiro atoms. The topological polar surface area (TPSA) is 98.8 Å². The number of nitrogens with zero attached hydrogens (tertiary/aromatic N) is 3. The van der Waals surface area contributed by atoms with Crippen LogP contribution in [0.2, 0.25) is 0 Å². The monoisotopic (exact) mass is 452 g/mol. The van der Waals surface area contributed by atoms with Crippen molar-refractivity contribution in [3.8, 4) is 5.75 Å². The van der Waals surface area contributed by atoms with Crippen molar-refractivity contribution < 1.29 is 18.7 Å². The van der Waals surface area contributed by atoms with Gasteiger partial charge in [-0.1, -0.05) is 18.2 Å². The highest BCUT2D eigenvalue weighted by Crippen LogP contribution is 2.23. The summed E-state index contributed by atoms with van der Waals surface area (Å²) in [6.45, 7) is 5.53. The average Bonchev–Trinajstić information content (AvgIpc) is 3.27. The summed E-state index contributed by atoms with van der Waals surface area (Å²) in [7, 11) is 0. The van der Waals surface area contributed by atoms with Gasteiger partial charge in [-0.25, -0.2) is 4.68 Å². The highest BCUT2D eigenvalue weighted by Gasteiger charge is 2.26. The number of nitrogens with one attached hydrogen (secondary N) is 1. The van der Waals surface area contributed by atoms with Crippen molar-refractivity contribution in [2.24, 2.45) is 0 Å². The van der Waals surface area contributed by atoms with Crippen molar-refractivity contribution >= 4 is 5.91 Å². The van der Waals surface area contributed by atoms with Gasteiger partial charge in [-0.2, -0.15) is 5.10 Å². The summed E-state index contributed by atoms with van der Waals surface area (Å²) in [5.41, 5.74) is -0.119. The predicted octanol–water partition coefficient (Wildman–Crippen LogP) is 2.03. The Balaban J connectivity index is 1.39. The molecule has 1 aromatic carbocycles. The van der Waals surface area contributed by atoms with E-state index in [1.807, 2.05) is 49.4 Å². The fourth-order valence-corrected chi connectivity index (χ4v) is 3.71. The van der Waals surface area contributed by atoms with Crippen LogP contribution in [0.4, 0.5) is 0 Å². The van der Waals surface area contributed by atoms with Crippen molar-refractivity contribution in [1.82, 2.24) is 20.0 Å². The fourth-order valence-electron chi connectivity index (χ4n) is 3.71. The third-order valence-corrected chi connectivity index (χ3v) is 5.45. The Morgan fingerprint density at radius 2 is 1.91 bits per heavy atom. The molecule has 4 rings (SSSR count). The van der Waals surface area contributed by atoms with Gasteiger partial charge in [0.1, 0.15) is 29.6 Å². The first kappa shape index (κ1) is 22.8. The molecule has 9 nitrogen and oxygen atoms in total. The molecule has 174 valence electrons. The summed E-state index contributed by atoms with van der Waals surface area (Å²) in [6, 6.07) is 15.8. The number of rotatable bonds is 9. The van der Waals surface area contributed by atoms with E-state index in [-0.39, 0.29) is 36.4 Å². The van der Waals surface area contributed by atoms with Gasteiger partial charge < -0.3 is 19.2 Å². The molecule has 1 aliphatic rings. The van der Waals surface area contributed by atoms with Gasteiger partial charge in [0.25, 0.3) is 11.5 Å². The lowest BCUT2D eigenvalue weighted by Gasteiger charge is -2.33. The van der Waals surface area contributed by atoms with Gasteiger partial charge in [0, 0.05) is 25.7 Å². The van der Waals surface area contributed by atoms with Crippen molar-refractivity contribution in [1.29, 1.82) is 0 Å². The molecule has 2 aromatic heterocycles. The summed E-state index contributed by atoms with van der Waals surface area (Å²) >= 11 is 0. The Morgan fingerprint density at radius 3 is 2.64 bits per heavy atom.